The van der Waals surface area contributed by atoms with Crippen LogP contribution in [0.2, 0.25) is 5.02 Å². The summed E-state index contributed by atoms with van der Waals surface area (Å²) in [5.41, 5.74) is 1.54. The van der Waals surface area contributed by atoms with Crippen LogP contribution in [0.4, 0.5) is 0 Å². The molecule has 0 heterocycles. The lowest BCUT2D eigenvalue weighted by molar-refractivity contribution is 0.580. The lowest BCUT2D eigenvalue weighted by Crippen LogP contribution is -2.25. The van der Waals surface area contributed by atoms with Crippen molar-refractivity contribution < 1.29 is 8.42 Å². The molecular formula is C15H13ClN2O2S. The van der Waals surface area contributed by atoms with Gasteiger partial charge in [0.1, 0.15) is 0 Å². The van der Waals surface area contributed by atoms with E-state index in [1.165, 1.54) is 0 Å². The van der Waals surface area contributed by atoms with E-state index in [1.54, 1.807) is 48.5 Å². The Balaban J connectivity index is 2.10. The maximum absolute atomic E-state index is 12.1. The van der Waals surface area contributed by atoms with Gasteiger partial charge in [0.2, 0.25) is 10.0 Å². The van der Waals surface area contributed by atoms with Crippen LogP contribution < -0.4 is 4.72 Å². The van der Waals surface area contributed by atoms with E-state index in [-0.39, 0.29) is 12.3 Å². The highest BCUT2D eigenvalue weighted by Crippen LogP contribution is 2.16. The first kappa shape index (κ1) is 15.5. The van der Waals surface area contributed by atoms with Crippen LogP contribution in [0.5, 0.6) is 0 Å². The first-order valence-electron chi connectivity index (χ1n) is 6.20. The zero-order valence-electron chi connectivity index (χ0n) is 11.1. The molecule has 0 saturated heterocycles. The van der Waals surface area contributed by atoms with Gasteiger partial charge in [0.15, 0.2) is 0 Å². The van der Waals surface area contributed by atoms with Gasteiger partial charge in [0.25, 0.3) is 0 Å². The summed E-state index contributed by atoms with van der Waals surface area (Å²) in [5.74, 6) is -0.235. The molecular weight excluding hydrogens is 308 g/mol. The molecule has 0 aliphatic carbocycles. The first-order chi connectivity index (χ1) is 10.0. The highest BCUT2D eigenvalue weighted by molar-refractivity contribution is 7.88. The number of nitriles is 1. The van der Waals surface area contributed by atoms with Crippen molar-refractivity contribution in [2.24, 2.45) is 0 Å². The molecule has 0 fully saturated rings. The lowest BCUT2D eigenvalue weighted by Gasteiger charge is -2.09. The summed E-state index contributed by atoms with van der Waals surface area (Å²) in [5, 5.41) is 9.49. The van der Waals surface area contributed by atoms with Gasteiger partial charge in [-0.3, -0.25) is 0 Å². The summed E-state index contributed by atoms with van der Waals surface area (Å²) in [4.78, 5) is 0. The molecule has 21 heavy (non-hydrogen) atoms. The van der Waals surface area contributed by atoms with Gasteiger partial charge in [-0.15, -0.1) is 0 Å². The Bertz CT molecular complexity index is 782. The molecule has 2 aromatic rings. The van der Waals surface area contributed by atoms with E-state index in [0.717, 1.165) is 0 Å². The van der Waals surface area contributed by atoms with Gasteiger partial charge in [-0.1, -0.05) is 48.0 Å². The Kier molecular flexibility index (Phi) is 4.97. The van der Waals surface area contributed by atoms with Gasteiger partial charge < -0.3 is 0 Å². The molecule has 0 aromatic heterocycles. The van der Waals surface area contributed by atoms with Gasteiger partial charge in [0.05, 0.1) is 17.4 Å². The van der Waals surface area contributed by atoms with Gasteiger partial charge in [-0.25, -0.2) is 13.1 Å². The minimum Gasteiger partial charge on any atom is -0.212 e. The molecule has 2 aromatic carbocycles. The predicted molar refractivity (Wildman–Crippen MR) is 82.1 cm³/mol. The van der Waals surface area contributed by atoms with E-state index in [2.05, 4.69) is 4.72 Å². The smallest absolute Gasteiger partial charge is 0.212 e. The minimum atomic E-state index is -3.54. The Morgan fingerprint density at radius 2 is 1.67 bits per heavy atom. The highest BCUT2D eigenvalue weighted by atomic mass is 35.5. The third-order valence-corrected chi connectivity index (χ3v) is 4.57. The third kappa shape index (κ3) is 4.30. The number of sulfonamides is 1. The molecule has 0 saturated carbocycles. The average Bonchev–Trinajstić information content (AvgIpc) is 2.47. The quantitative estimate of drug-likeness (QED) is 0.921. The maximum atomic E-state index is 12.1. The van der Waals surface area contributed by atoms with Crippen LogP contribution in [0.25, 0.3) is 0 Å². The standard InChI is InChI=1S/C15H13ClN2O2S/c16-15-8-4-3-6-13(15)10-18-21(19,20)11-14-7-2-1-5-12(14)9-17/h1-8,18H,10-11H2. The molecule has 0 amide bonds. The monoisotopic (exact) mass is 320 g/mol. The second kappa shape index (κ2) is 6.72. The molecule has 0 unspecified atom stereocenters. The molecule has 0 bridgehead atoms. The van der Waals surface area contributed by atoms with Crippen LogP contribution in [0.3, 0.4) is 0 Å². The summed E-state index contributed by atoms with van der Waals surface area (Å²) in [6.07, 6.45) is 0. The van der Waals surface area contributed by atoms with Crippen molar-refractivity contribution in [3.8, 4) is 6.07 Å². The fourth-order valence-electron chi connectivity index (χ4n) is 1.84. The number of nitrogens with zero attached hydrogens (tertiary/aromatic N) is 1. The van der Waals surface area contributed by atoms with E-state index < -0.39 is 10.0 Å². The Labute approximate surface area is 129 Å². The summed E-state index contributed by atoms with van der Waals surface area (Å²) in [6.45, 7) is 0.122. The fourth-order valence-corrected chi connectivity index (χ4v) is 3.18. The van der Waals surface area contributed by atoms with Crippen LogP contribution in [-0.4, -0.2) is 8.42 Å². The number of nitrogens with one attached hydrogen (secondary N) is 1. The number of rotatable bonds is 5. The summed E-state index contributed by atoms with van der Waals surface area (Å²) < 4.78 is 26.7. The number of halogens is 1. The lowest BCUT2D eigenvalue weighted by atomic mass is 10.1. The molecule has 108 valence electrons. The molecule has 1 N–H and O–H groups in total. The molecule has 0 aliphatic rings. The number of hydrogen-bond acceptors (Lipinski definition) is 3. The minimum absolute atomic E-state index is 0.122. The summed E-state index contributed by atoms with van der Waals surface area (Å²) in [6, 6.07) is 15.7. The van der Waals surface area contributed by atoms with Crippen molar-refractivity contribution >= 4 is 21.6 Å². The second-order valence-corrected chi connectivity index (χ2v) is 6.65. The van der Waals surface area contributed by atoms with Gasteiger partial charge in [0, 0.05) is 11.6 Å². The maximum Gasteiger partial charge on any atom is 0.216 e. The van der Waals surface area contributed by atoms with Gasteiger partial charge in [-0.2, -0.15) is 5.26 Å². The van der Waals surface area contributed by atoms with E-state index in [1.807, 2.05) is 6.07 Å². The third-order valence-electron chi connectivity index (χ3n) is 2.92. The zero-order chi connectivity index (χ0) is 15.3. The average molecular weight is 321 g/mol. The van der Waals surface area contributed by atoms with Gasteiger partial charge in [-0.05, 0) is 23.3 Å². The van der Waals surface area contributed by atoms with E-state index in [9.17, 15) is 8.42 Å². The van der Waals surface area contributed by atoms with Crippen molar-refractivity contribution in [2.45, 2.75) is 12.3 Å². The topological polar surface area (TPSA) is 70.0 Å². The van der Waals surface area contributed by atoms with Crippen LogP contribution in [0.15, 0.2) is 48.5 Å². The van der Waals surface area contributed by atoms with Crippen LogP contribution in [-0.2, 0) is 22.3 Å². The zero-order valence-corrected chi connectivity index (χ0v) is 12.7. The fraction of sp³-hybridized carbons (Fsp3) is 0.133. The molecule has 0 spiro atoms. The van der Waals surface area contributed by atoms with Crippen molar-refractivity contribution in [1.82, 2.24) is 4.72 Å². The van der Waals surface area contributed by atoms with Crippen molar-refractivity contribution in [1.29, 1.82) is 5.26 Å². The molecule has 2 rings (SSSR count). The predicted octanol–water partition coefficient (Wildman–Crippen LogP) is 2.83. The largest absolute Gasteiger partial charge is 0.216 e. The first-order valence-corrected chi connectivity index (χ1v) is 8.23. The summed E-state index contributed by atoms with van der Waals surface area (Å²) >= 11 is 5.98. The van der Waals surface area contributed by atoms with Crippen LogP contribution in [0, 0.1) is 11.3 Å². The Morgan fingerprint density at radius 3 is 2.33 bits per heavy atom. The molecule has 0 aliphatic heterocycles. The molecule has 6 heteroatoms. The van der Waals surface area contributed by atoms with Crippen molar-refractivity contribution in [3.63, 3.8) is 0 Å². The SMILES string of the molecule is N#Cc1ccccc1CS(=O)(=O)NCc1ccccc1Cl. The van der Waals surface area contributed by atoms with E-state index >= 15 is 0 Å². The van der Waals surface area contributed by atoms with Gasteiger partial charge >= 0.3 is 0 Å². The van der Waals surface area contributed by atoms with Crippen LogP contribution >= 0.6 is 11.6 Å². The van der Waals surface area contributed by atoms with E-state index in [0.29, 0.717) is 21.7 Å². The molecule has 0 atom stereocenters. The number of benzene rings is 2. The molecule has 0 radical (unpaired) electrons. The van der Waals surface area contributed by atoms with E-state index in [4.69, 9.17) is 16.9 Å². The normalized spacial score (nSPS) is 11.0. The molecule has 4 nitrogen and oxygen atoms in total. The summed E-state index contributed by atoms with van der Waals surface area (Å²) in [7, 11) is -3.54. The van der Waals surface area contributed by atoms with Crippen LogP contribution in [0.1, 0.15) is 16.7 Å². The number of hydrogen-bond donors (Lipinski definition) is 1. The second-order valence-electron chi connectivity index (χ2n) is 4.44. The Morgan fingerprint density at radius 1 is 1.05 bits per heavy atom. The highest BCUT2D eigenvalue weighted by Gasteiger charge is 2.14. The van der Waals surface area contributed by atoms with Crippen molar-refractivity contribution in [3.05, 3.63) is 70.2 Å². The van der Waals surface area contributed by atoms with Crippen molar-refractivity contribution in [2.75, 3.05) is 0 Å². The Hall–Kier alpha value is -1.87.